The Kier molecular flexibility index (Phi) is 4.05. The Morgan fingerprint density at radius 3 is 2.95 bits per heavy atom. The minimum atomic E-state index is 0.622. The third-order valence-electron chi connectivity index (χ3n) is 4.30. The van der Waals surface area contributed by atoms with Gasteiger partial charge in [0.15, 0.2) is 0 Å². The predicted octanol–water partition coefficient (Wildman–Crippen LogP) is 4.46. The highest BCUT2D eigenvalue weighted by Gasteiger charge is 2.16. The second kappa shape index (κ2) is 6.12. The van der Waals surface area contributed by atoms with Crippen molar-refractivity contribution in [3.8, 4) is 11.3 Å². The van der Waals surface area contributed by atoms with E-state index in [9.17, 15) is 0 Å². The highest BCUT2D eigenvalue weighted by atomic mass is 15.1. The maximum absolute atomic E-state index is 4.02. The zero-order valence-corrected chi connectivity index (χ0v) is 12.1. The van der Waals surface area contributed by atoms with Crippen molar-refractivity contribution in [2.24, 2.45) is 5.92 Å². The van der Waals surface area contributed by atoms with E-state index in [0.717, 1.165) is 11.6 Å². The molecular formula is C17H23N3. The first kappa shape index (κ1) is 13.2. The van der Waals surface area contributed by atoms with Crippen LogP contribution < -0.4 is 5.32 Å². The number of rotatable bonds is 3. The maximum atomic E-state index is 4.02. The summed E-state index contributed by atoms with van der Waals surface area (Å²) in [6, 6.07) is 11.2. The normalized spacial score (nSPS) is 23.2. The fourth-order valence-corrected chi connectivity index (χ4v) is 3.06. The first-order valence-corrected chi connectivity index (χ1v) is 7.67. The SMILES string of the molecule is CC1CCCC(Nc2cccc(-c3ccn[nH]3)c2)CC1. The molecule has 2 unspecified atom stereocenters. The summed E-state index contributed by atoms with van der Waals surface area (Å²) in [6.45, 7) is 2.38. The first-order chi connectivity index (χ1) is 9.81. The van der Waals surface area contributed by atoms with E-state index in [4.69, 9.17) is 0 Å². The molecule has 2 atom stereocenters. The molecule has 1 saturated carbocycles. The van der Waals surface area contributed by atoms with Crippen LogP contribution in [0.4, 0.5) is 5.69 Å². The molecule has 0 radical (unpaired) electrons. The van der Waals surface area contributed by atoms with Crippen LogP contribution in [-0.4, -0.2) is 16.2 Å². The average molecular weight is 269 g/mol. The van der Waals surface area contributed by atoms with Gasteiger partial charge in [-0.25, -0.2) is 0 Å². The van der Waals surface area contributed by atoms with E-state index in [1.807, 2.05) is 6.07 Å². The summed E-state index contributed by atoms with van der Waals surface area (Å²) in [5.74, 6) is 0.887. The molecule has 0 saturated heterocycles. The van der Waals surface area contributed by atoms with Crippen LogP contribution in [0.3, 0.4) is 0 Å². The topological polar surface area (TPSA) is 40.7 Å². The van der Waals surface area contributed by atoms with Crippen LogP contribution in [0.15, 0.2) is 36.5 Å². The van der Waals surface area contributed by atoms with Gasteiger partial charge >= 0.3 is 0 Å². The molecule has 1 aliphatic rings. The van der Waals surface area contributed by atoms with Gasteiger partial charge < -0.3 is 5.32 Å². The number of hydrogen-bond donors (Lipinski definition) is 2. The molecule has 2 N–H and O–H groups in total. The molecule has 0 amide bonds. The van der Waals surface area contributed by atoms with Gasteiger partial charge in [0, 0.05) is 23.5 Å². The Morgan fingerprint density at radius 2 is 2.10 bits per heavy atom. The van der Waals surface area contributed by atoms with Crippen molar-refractivity contribution < 1.29 is 0 Å². The summed E-state index contributed by atoms with van der Waals surface area (Å²) < 4.78 is 0. The summed E-state index contributed by atoms with van der Waals surface area (Å²) in [4.78, 5) is 0. The minimum Gasteiger partial charge on any atom is -0.382 e. The number of hydrogen-bond acceptors (Lipinski definition) is 2. The fraction of sp³-hybridized carbons (Fsp3) is 0.471. The lowest BCUT2D eigenvalue weighted by Crippen LogP contribution is -2.18. The predicted molar refractivity (Wildman–Crippen MR) is 83.7 cm³/mol. The van der Waals surface area contributed by atoms with Gasteiger partial charge in [0.2, 0.25) is 0 Å². The maximum Gasteiger partial charge on any atom is 0.0650 e. The van der Waals surface area contributed by atoms with Gasteiger partial charge in [-0.05, 0) is 43.4 Å². The average Bonchev–Trinajstić information content (AvgIpc) is 2.92. The van der Waals surface area contributed by atoms with Crippen molar-refractivity contribution in [1.29, 1.82) is 0 Å². The lowest BCUT2D eigenvalue weighted by Gasteiger charge is -2.18. The second-order valence-corrected chi connectivity index (χ2v) is 6.01. The smallest absolute Gasteiger partial charge is 0.0650 e. The van der Waals surface area contributed by atoms with Crippen LogP contribution in [0, 0.1) is 5.92 Å². The van der Waals surface area contributed by atoms with Crippen LogP contribution in [0.25, 0.3) is 11.3 Å². The molecule has 1 aliphatic carbocycles. The molecule has 1 aromatic carbocycles. The Morgan fingerprint density at radius 1 is 1.15 bits per heavy atom. The van der Waals surface area contributed by atoms with E-state index in [1.165, 1.54) is 43.4 Å². The Labute approximate surface area is 120 Å². The number of nitrogens with zero attached hydrogens (tertiary/aromatic N) is 1. The molecule has 3 rings (SSSR count). The molecule has 1 fully saturated rings. The van der Waals surface area contributed by atoms with Crippen molar-refractivity contribution >= 4 is 5.69 Å². The van der Waals surface area contributed by atoms with Gasteiger partial charge in [0.1, 0.15) is 0 Å². The largest absolute Gasteiger partial charge is 0.382 e. The molecule has 0 spiro atoms. The summed E-state index contributed by atoms with van der Waals surface area (Å²) in [6.07, 6.45) is 8.44. The third kappa shape index (κ3) is 3.21. The molecule has 1 heterocycles. The lowest BCUT2D eigenvalue weighted by molar-refractivity contribution is 0.502. The summed E-state index contributed by atoms with van der Waals surface area (Å²) in [5.41, 5.74) is 3.48. The Hall–Kier alpha value is -1.77. The van der Waals surface area contributed by atoms with Gasteiger partial charge in [-0.3, -0.25) is 5.10 Å². The monoisotopic (exact) mass is 269 g/mol. The quantitative estimate of drug-likeness (QED) is 0.808. The summed E-state index contributed by atoms with van der Waals surface area (Å²) in [7, 11) is 0. The highest BCUT2D eigenvalue weighted by molar-refractivity contribution is 5.64. The lowest BCUT2D eigenvalue weighted by atomic mass is 10.0. The molecule has 3 nitrogen and oxygen atoms in total. The molecule has 1 aromatic heterocycles. The van der Waals surface area contributed by atoms with Crippen LogP contribution >= 0.6 is 0 Å². The van der Waals surface area contributed by atoms with Crippen LogP contribution in [0.1, 0.15) is 39.0 Å². The molecule has 0 bridgehead atoms. The number of anilines is 1. The third-order valence-corrected chi connectivity index (χ3v) is 4.30. The molecule has 20 heavy (non-hydrogen) atoms. The van der Waals surface area contributed by atoms with Gasteiger partial charge in [-0.15, -0.1) is 0 Å². The van der Waals surface area contributed by atoms with Gasteiger partial charge in [0.05, 0.1) is 5.69 Å². The van der Waals surface area contributed by atoms with Crippen molar-refractivity contribution in [3.05, 3.63) is 36.5 Å². The van der Waals surface area contributed by atoms with Crippen LogP contribution in [0.2, 0.25) is 0 Å². The van der Waals surface area contributed by atoms with Crippen molar-refractivity contribution in [2.45, 2.75) is 45.1 Å². The van der Waals surface area contributed by atoms with E-state index < -0.39 is 0 Å². The Bertz CT molecular complexity index is 533. The first-order valence-electron chi connectivity index (χ1n) is 7.67. The fourth-order valence-electron chi connectivity index (χ4n) is 3.06. The van der Waals surface area contributed by atoms with Gasteiger partial charge in [-0.1, -0.05) is 31.9 Å². The zero-order valence-electron chi connectivity index (χ0n) is 12.1. The van der Waals surface area contributed by atoms with E-state index in [-0.39, 0.29) is 0 Å². The number of aromatic nitrogens is 2. The number of benzene rings is 1. The van der Waals surface area contributed by atoms with E-state index in [2.05, 4.69) is 46.7 Å². The summed E-state index contributed by atoms with van der Waals surface area (Å²) in [5, 5.41) is 10.8. The Balaban J connectivity index is 1.70. The highest BCUT2D eigenvalue weighted by Crippen LogP contribution is 2.26. The molecular weight excluding hydrogens is 246 g/mol. The van der Waals surface area contributed by atoms with E-state index in [0.29, 0.717) is 6.04 Å². The number of nitrogens with one attached hydrogen (secondary N) is 2. The van der Waals surface area contributed by atoms with E-state index >= 15 is 0 Å². The van der Waals surface area contributed by atoms with Gasteiger partial charge in [-0.2, -0.15) is 5.10 Å². The standard InChI is InChI=1S/C17H23N3/c1-13-4-2-6-15(9-8-13)19-16-7-3-5-14(12-16)17-10-11-18-20-17/h3,5,7,10-13,15,19H,2,4,6,8-9H2,1H3,(H,18,20). The number of aromatic amines is 1. The molecule has 3 heteroatoms. The number of H-pyrrole nitrogens is 1. The van der Waals surface area contributed by atoms with Crippen LogP contribution in [-0.2, 0) is 0 Å². The minimum absolute atomic E-state index is 0.622. The molecule has 0 aliphatic heterocycles. The molecule has 106 valence electrons. The van der Waals surface area contributed by atoms with Crippen LogP contribution in [0.5, 0.6) is 0 Å². The van der Waals surface area contributed by atoms with Crippen molar-refractivity contribution in [2.75, 3.05) is 5.32 Å². The summed E-state index contributed by atoms with van der Waals surface area (Å²) >= 11 is 0. The van der Waals surface area contributed by atoms with Gasteiger partial charge in [0.25, 0.3) is 0 Å². The second-order valence-electron chi connectivity index (χ2n) is 6.01. The molecule has 2 aromatic rings. The van der Waals surface area contributed by atoms with Crippen molar-refractivity contribution in [1.82, 2.24) is 10.2 Å². The zero-order chi connectivity index (χ0) is 13.8. The van der Waals surface area contributed by atoms with Crippen molar-refractivity contribution in [3.63, 3.8) is 0 Å². The van der Waals surface area contributed by atoms with E-state index in [1.54, 1.807) is 6.20 Å².